The molecule has 0 fully saturated rings. The maximum atomic E-state index is 13.4. The molecule has 587 valence electrons. The van der Waals surface area contributed by atoms with E-state index >= 15 is 0 Å². The number of aromatic nitrogens is 3. The molecule has 3 aromatic heterocycles. The van der Waals surface area contributed by atoms with Crippen molar-refractivity contribution in [2.45, 2.75) is 102 Å². The zero-order valence-corrected chi connectivity index (χ0v) is 70.9. The summed E-state index contributed by atoms with van der Waals surface area (Å²) in [5.41, 5.74) is 7.07. The summed E-state index contributed by atoms with van der Waals surface area (Å²) in [6.45, 7) is 30.1. The van der Waals surface area contributed by atoms with Crippen molar-refractivity contribution in [2.75, 3.05) is 15.0 Å². The number of aliphatic hydroxyl groups excluding tert-OH is 3. The molecule has 16 nitrogen and oxygen atoms in total. The monoisotopic (exact) mass is 2050 g/mol. The second-order valence-electron chi connectivity index (χ2n) is 28.7. The van der Waals surface area contributed by atoms with E-state index in [1.54, 1.807) is 135 Å². The van der Waals surface area contributed by atoms with Crippen LogP contribution in [-0.4, -0.2) is 50.2 Å². The molecule has 3 aliphatic heterocycles. The Labute approximate surface area is 683 Å². The van der Waals surface area contributed by atoms with E-state index in [2.05, 4.69) is 38.3 Å². The van der Waals surface area contributed by atoms with E-state index in [9.17, 15) is 60.4 Å². The summed E-state index contributed by atoms with van der Waals surface area (Å²) < 4.78 is 96.6. The largest absolute Gasteiger partial charge is 0.511 e. The number of hydrazone groups is 3. The second kappa shape index (κ2) is 41.2. The summed E-state index contributed by atoms with van der Waals surface area (Å²) in [7, 11) is 5.39. The van der Waals surface area contributed by atoms with E-state index < -0.39 is 34.9 Å². The molecule has 0 atom stereocenters. The molecule has 3 amide bonds. The molecule has 9 aromatic rings. The van der Waals surface area contributed by atoms with Crippen LogP contribution in [0.25, 0.3) is 38.6 Å². The van der Waals surface area contributed by atoms with E-state index in [4.69, 9.17) is 6.57 Å². The molecule has 26 heteroatoms. The van der Waals surface area contributed by atoms with Crippen LogP contribution in [0.1, 0.15) is 102 Å². The summed E-state index contributed by atoms with van der Waals surface area (Å²) in [5, 5.41) is 47.2. The number of hydrogen-bond donors (Lipinski definition) is 3. The molecular formula is C85H85F7Ir3N10O6. The molecule has 0 saturated heterocycles. The molecule has 0 unspecified atom stereocenters. The van der Waals surface area contributed by atoms with Crippen LogP contribution in [0.15, 0.2) is 238 Å². The van der Waals surface area contributed by atoms with Crippen LogP contribution >= 0.6 is 0 Å². The average Bonchev–Trinajstić information content (AvgIpc) is 1.68. The van der Waals surface area contributed by atoms with Crippen molar-refractivity contribution in [1.82, 2.24) is 0 Å². The van der Waals surface area contributed by atoms with Gasteiger partial charge in [-0.1, -0.05) is 129 Å². The smallest absolute Gasteiger partial charge is 0.284 e. The number of nitrogens with zero attached hydrogens (tertiary/aromatic N) is 10. The van der Waals surface area contributed by atoms with Gasteiger partial charge in [-0.25, -0.2) is 22.9 Å². The first-order chi connectivity index (χ1) is 50.8. The molecule has 0 spiro atoms. The molecule has 0 saturated carbocycles. The third-order valence-electron chi connectivity index (χ3n) is 15.8. The SMILES string of the molecule is CC1=NN(c2ccc(F)cc2)C(=O)C1=C(O)CC(C)(C)C.CC1=NN(c2ccccc2)C(=O)C1=C(O)CC(C)(C)C.C[n+]1ccccc1-c1[c-]cc(F)cc1F.C[n+]1ccccc1-c1[c-]cc(F)cc1F.C[n+]1ccccc1-c1[c-]cc(F)cc1F.[C-]#[N+]c1ccc(N2N=C(C)C(=C(O)CC(C)(C)C)C2=O)cc1.[Ir].[Ir].[Ir]. The molecule has 6 heterocycles. The number of aliphatic hydroxyl groups is 3. The summed E-state index contributed by atoms with van der Waals surface area (Å²) in [6, 6.07) is 51.3. The number of amides is 3. The average molecular weight is 2050 g/mol. The fraction of sp³-hybridized carbons (Fsp3) is 0.247. The zero-order chi connectivity index (χ0) is 79.7. The van der Waals surface area contributed by atoms with Crippen LogP contribution in [0.3, 0.4) is 0 Å². The van der Waals surface area contributed by atoms with Crippen molar-refractivity contribution in [2.24, 2.45) is 52.7 Å². The molecule has 3 N–H and O–H groups in total. The van der Waals surface area contributed by atoms with E-state index in [1.807, 2.05) is 111 Å². The first-order valence-corrected chi connectivity index (χ1v) is 34.0. The van der Waals surface area contributed by atoms with Gasteiger partial charge in [0.05, 0.1) is 40.8 Å². The molecule has 0 aliphatic carbocycles. The predicted molar refractivity (Wildman–Crippen MR) is 404 cm³/mol. The minimum atomic E-state index is -0.616. The van der Waals surface area contributed by atoms with Gasteiger partial charge in [-0.15, -0.1) is 36.4 Å². The Bertz CT molecular complexity index is 4810. The van der Waals surface area contributed by atoms with Gasteiger partial charge in [-0.05, 0) is 120 Å². The van der Waals surface area contributed by atoms with Gasteiger partial charge in [0.25, 0.3) is 17.7 Å². The van der Waals surface area contributed by atoms with Crippen LogP contribution in [0.5, 0.6) is 0 Å². The van der Waals surface area contributed by atoms with Crippen LogP contribution in [0.4, 0.5) is 53.5 Å². The fourth-order valence-electron chi connectivity index (χ4n) is 10.9. The number of benzene rings is 6. The summed E-state index contributed by atoms with van der Waals surface area (Å²) in [6.07, 6.45) is 6.64. The minimum absolute atomic E-state index is 0. The number of halogens is 7. The van der Waals surface area contributed by atoms with Crippen molar-refractivity contribution < 1.29 is 134 Å². The number of pyridine rings is 3. The number of rotatable bonds is 9. The number of allylic oxidation sites excluding steroid dienone is 3. The number of carbonyl (C=O) groups excluding carboxylic acids is 3. The number of hydrogen-bond acceptors (Lipinski definition) is 9. The first kappa shape index (κ1) is 93.1. The van der Waals surface area contributed by atoms with E-state index in [-0.39, 0.29) is 145 Å². The van der Waals surface area contributed by atoms with E-state index in [0.29, 0.717) is 81.8 Å². The number of carbonyl (C=O) groups is 3. The molecule has 12 rings (SSSR count). The standard InChI is InChI=1S/C17H19N3O2.C16H19FN2O2.C16H20N2O2.3C12H9F2N.3Ir/c1-11-15(14(21)10-17(2,3)4)16(22)20(19-11)13-8-6-12(18-5)7-9-13;1-10-14(13(20)9-16(2,3)4)15(21)19(18-10)12-7-5-11(17)6-8-12;1-11-14(13(19)10-16(2,3)4)15(20)18(17-11)12-8-6-5-7-9-12;3*1-15-7-3-2-4-12(15)10-6-5-9(13)8-11(10)14;;;/h6-9,21H,10H2,1-4H3;5-8,20H,9H2,1-4H3;5-9,19H,10H2,1-4H3;3*2-5,7-8H,1H3;;;. The van der Waals surface area contributed by atoms with Gasteiger partial charge in [-0.3, -0.25) is 40.7 Å². The summed E-state index contributed by atoms with van der Waals surface area (Å²) in [4.78, 5) is 40.7. The summed E-state index contributed by atoms with van der Waals surface area (Å²) in [5.74, 6) is -4.80. The zero-order valence-electron chi connectivity index (χ0n) is 63.7. The van der Waals surface area contributed by atoms with Gasteiger partial charge in [0.1, 0.15) is 78.0 Å². The second-order valence-corrected chi connectivity index (χ2v) is 28.7. The van der Waals surface area contributed by atoms with Gasteiger partial charge < -0.3 is 15.3 Å². The maximum Gasteiger partial charge on any atom is 0.284 e. The van der Waals surface area contributed by atoms with Crippen LogP contribution in [-0.2, 0) is 95.8 Å². The normalized spacial score (nSPS) is 14.3. The van der Waals surface area contributed by atoms with Gasteiger partial charge >= 0.3 is 0 Å². The molecule has 3 aliphatic rings. The van der Waals surface area contributed by atoms with Crippen molar-refractivity contribution in [3.05, 3.63) is 293 Å². The molecule has 0 bridgehead atoms. The van der Waals surface area contributed by atoms with Crippen molar-refractivity contribution in [3.63, 3.8) is 0 Å². The minimum Gasteiger partial charge on any atom is -0.511 e. The topological polar surface area (TPSA) is 175 Å². The van der Waals surface area contributed by atoms with Crippen molar-refractivity contribution in [3.8, 4) is 33.8 Å². The maximum absolute atomic E-state index is 13.4. The van der Waals surface area contributed by atoms with Gasteiger partial charge in [-0.2, -0.15) is 30.3 Å². The third-order valence-corrected chi connectivity index (χ3v) is 15.8. The molecular weight excluding hydrogens is 1970 g/mol. The quantitative estimate of drug-likeness (QED) is 0.0426. The fourth-order valence-corrected chi connectivity index (χ4v) is 10.9. The number of para-hydroxylation sites is 1. The van der Waals surface area contributed by atoms with Gasteiger partial charge in [0.2, 0.25) is 0 Å². The predicted octanol–water partition coefficient (Wildman–Crippen LogP) is 18.4. The Hall–Kier alpha value is -10.2. The Balaban J connectivity index is 0.000000281. The van der Waals surface area contributed by atoms with Crippen LogP contribution in [0, 0.1) is 81.7 Å². The molecule has 111 heavy (non-hydrogen) atoms. The van der Waals surface area contributed by atoms with Crippen molar-refractivity contribution >= 4 is 57.6 Å². The number of aryl methyl sites for hydroxylation is 3. The Morgan fingerprint density at radius 2 is 0.667 bits per heavy atom. The molecule has 6 aromatic carbocycles. The Morgan fingerprint density at radius 1 is 0.405 bits per heavy atom. The number of anilines is 3. The van der Waals surface area contributed by atoms with E-state index in [1.165, 1.54) is 39.3 Å². The first-order valence-electron chi connectivity index (χ1n) is 34.0. The Morgan fingerprint density at radius 3 is 0.919 bits per heavy atom. The third kappa shape index (κ3) is 26.2. The van der Waals surface area contributed by atoms with Crippen molar-refractivity contribution in [1.29, 1.82) is 0 Å². The van der Waals surface area contributed by atoms with Gasteiger partial charge in [0, 0.05) is 133 Å². The van der Waals surface area contributed by atoms with E-state index in [0.717, 1.165) is 36.4 Å². The van der Waals surface area contributed by atoms with Crippen LogP contribution in [0.2, 0.25) is 0 Å². The molecule has 3 radical (unpaired) electrons. The summed E-state index contributed by atoms with van der Waals surface area (Å²) >= 11 is 0. The Kier molecular flexibility index (Phi) is 34.5. The van der Waals surface area contributed by atoms with Crippen LogP contribution < -0.4 is 28.7 Å². The van der Waals surface area contributed by atoms with Gasteiger partial charge in [0.15, 0.2) is 24.3 Å².